The number of anilines is 1. The molecule has 148 valence electrons. The van der Waals surface area contributed by atoms with E-state index in [0.29, 0.717) is 36.0 Å². The number of aryl methyl sites for hydroxylation is 1. The molecular formula is C18H25N3O5S. The molecule has 9 heteroatoms. The first-order valence-electron chi connectivity index (χ1n) is 9.00. The Balaban J connectivity index is 1.77. The van der Waals surface area contributed by atoms with Gasteiger partial charge in [-0.25, -0.2) is 8.42 Å². The summed E-state index contributed by atoms with van der Waals surface area (Å²) in [5, 5.41) is 2.65. The van der Waals surface area contributed by atoms with Gasteiger partial charge in [0.05, 0.1) is 17.1 Å². The SMILES string of the molecule is Cc1cc2c(cc1S(=O)(=O)N(C)CC(=O)N1CCC(C)CC1)OCC(=O)N2. The van der Waals surface area contributed by atoms with Crippen molar-refractivity contribution in [2.45, 2.75) is 31.6 Å². The molecule has 2 amide bonds. The van der Waals surface area contributed by atoms with Gasteiger partial charge in [-0.3, -0.25) is 9.59 Å². The molecule has 0 unspecified atom stereocenters. The maximum atomic E-state index is 13.0. The van der Waals surface area contributed by atoms with E-state index in [1.165, 1.54) is 13.1 Å². The molecule has 0 aliphatic carbocycles. The van der Waals surface area contributed by atoms with Crippen molar-refractivity contribution in [1.29, 1.82) is 0 Å². The van der Waals surface area contributed by atoms with Crippen LogP contribution in [0.15, 0.2) is 17.0 Å². The number of carbonyl (C=O) groups excluding carboxylic acids is 2. The number of nitrogens with zero attached hydrogens (tertiary/aromatic N) is 2. The van der Waals surface area contributed by atoms with Crippen LogP contribution in [0.1, 0.15) is 25.3 Å². The van der Waals surface area contributed by atoms with Crippen LogP contribution in [0, 0.1) is 12.8 Å². The van der Waals surface area contributed by atoms with Gasteiger partial charge in [0.25, 0.3) is 5.91 Å². The summed E-state index contributed by atoms with van der Waals surface area (Å²) in [4.78, 5) is 25.7. The first-order valence-corrected chi connectivity index (χ1v) is 10.4. The van der Waals surface area contributed by atoms with Crippen molar-refractivity contribution < 1.29 is 22.7 Å². The van der Waals surface area contributed by atoms with E-state index in [2.05, 4.69) is 12.2 Å². The number of benzene rings is 1. The van der Waals surface area contributed by atoms with E-state index in [1.54, 1.807) is 17.9 Å². The number of rotatable bonds is 4. The van der Waals surface area contributed by atoms with Gasteiger partial charge in [-0.15, -0.1) is 0 Å². The third kappa shape index (κ3) is 4.08. The highest BCUT2D eigenvalue weighted by Gasteiger charge is 2.30. The Bertz CT molecular complexity index is 860. The lowest BCUT2D eigenvalue weighted by molar-refractivity contribution is -0.132. The Hall–Kier alpha value is -2.13. The number of sulfonamides is 1. The summed E-state index contributed by atoms with van der Waals surface area (Å²) < 4.78 is 32.4. The average molecular weight is 395 g/mol. The number of nitrogens with one attached hydrogen (secondary N) is 1. The Morgan fingerprint density at radius 1 is 1.33 bits per heavy atom. The van der Waals surface area contributed by atoms with Gasteiger partial charge in [-0.05, 0) is 37.3 Å². The molecule has 1 fully saturated rings. The molecule has 0 spiro atoms. The Morgan fingerprint density at radius 3 is 2.67 bits per heavy atom. The van der Waals surface area contributed by atoms with Gasteiger partial charge in [0, 0.05) is 26.2 Å². The smallest absolute Gasteiger partial charge is 0.262 e. The van der Waals surface area contributed by atoms with Crippen LogP contribution in [0.3, 0.4) is 0 Å². The van der Waals surface area contributed by atoms with Crippen LogP contribution in [0.5, 0.6) is 5.75 Å². The summed E-state index contributed by atoms with van der Waals surface area (Å²) in [6.07, 6.45) is 1.88. The van der Waals surface area contributed by atoms with E-state index in [-0.39, 0.29) is 29.9 Å². The van der Waals surface area contributed by atoms with Crippen molar-refractivity contribution in [2.24, 2.45) is 5.92 Å². The highest BCUT2D eigenvalue weighted by molar-refractivity contribution is 7.89. The number of likely N-dealkylation sites (N-methyl/N-ethyl adjacent to an activating group) is 1. The molecule has 0 atom stereocenters. The minimum absolute atomic E-state index is 0.0694. The molecule has 0 aromatic heterocycles. The predicted molar refractivity (Wildman–Crippen MR) is 100 cm³/mol. The molecule has 8 nitrogen and oxygen atoms in total. The summed E-state index contributed by atoms with van der Waals surface area (Å²) >= 11 is 0. The predicted octanol–water partition coefficient (Wildman–Crippen LogP) is 1.20. The topological polar surface area (TPSA) is 96.0 Å². The first-order chi connectivity index (χ1) is 12.7. The van der Waals surface area contributed by atoms with Gasteiger partial charge in [-0.2, -0.15) is 4.31 Å². The minimum atomic E-state index is -3.87. The van der Waals surface area contributed by atoms with E-state index in [1.807, 2.05) is 0 Å². The zero-order valence-corrected chi connectivity index (χ0v) is 16.6. The van der Waals surface area contributed by atoms with Crippen molar-refractivity contribution in [2.75, 3.05) is 38.6 Å². The van der Waals surface area contributed by atoms with E-state index in [9.17, 15) is 18.0 Å². The van der Waals surface area contributed by atoms with Crippen LogP contribution >= 0.6 is 0 Å². The second-order valence-electron chi connectivity index (χ2n) is 7.28. The second kappa shape index (κ2) is 7.47. The Morgan fingerprint density at radius 2 is 2.00 bits per heavy atom. The molecule has 27 heavy (non-hydrogen) atoms. The van der Waals surface area contributed by atoms with Crippen LogP contribution in [0.25, 0.3) is 0 Å². The third-order valence-corrected chi connectivity index (χ3v) is 7.04. The van der Waals surface area contributed by atoms with Gasteiger partial charge < -0.3 is 15.0 Å². The first kappa shape index (κ1) is 19.6. The molecular weight excluding hydrogens is 370 g/mol. The number of fused-ring (bicyclic) bond motifs is 1. The quantitative estimate of drug-likeness (QED) is 0.827. The number of hydrogen-bond acceptors (Lipinski definition) is 5. The summed E-state index contributed by atoms with van der Waals surface area (Å²) in [7, 11) is -2.46. The van der Waals surface area contributed by atoms with Crippen molar-refractivity contribution >= 4 is 27.5 Å². The molecule has 1 N–H and O–H groups in total. The normalized spacial score (nSPS) is 18.1. The van der Waals surface area contributed by atoms with Crippen LogP contribution in [-0.2, 0) is 19.6 Å². The number of piperidine rings is 1. The fraction of sp³-hybridized carbons (Fsp3) is 0.556. The van der Waals surface area contributed by atoms with E-state index in [4.69, 9.17) is 4.74 Å². The summed E-state index contributed by atoms with van der Waals surface area (Å²) in [6.45, 7) is 4.78. The number of carbonyl (C=O) groups is 2. The third-order valence-electron chi connectivity index (χ3n) is 5.09. The maximum Gasteiger partial charge on any atom is 0.262 e. The van der Waals surface area contributed by atoms with Crippen molar-refractivity contribution in [1.82, 2.24) is 9.21 Å². The number of amides is 2. The van der Waals surface area contributed by atoms with Gasteiger partial charge in [0.1, 0.15) is 5.75 Å². The van der Waals surface area contributed by atoms with Crippen LogP contribution in [0.4, 0.5) is 5.69 Å². The van der Waals surface area contributed by atoms with Gasteiger partial charge >= 0.3 is 0 Å². The highest BCUT2D eigenvalue weighted by atomic mass is 32.2. The number of likely N-dealkylation sites (tertiary alicyclic amines) is 1. The van der Waals surface area contributed by atoms with Crippen molar-refractivity contribution in [3.8, 4) is 5.75 Å². The lowest BCUT2D eigenvalue weighted by atomic mass is 9.99. The van der Waals surface area contributed by atoms with E-state index >= 15 is 0 Å². The molecule has 0 saturated carbocycles. The number of ether oxygens (including phenoxy) is 1. The molecule has 2 aliphatic heterocycles. The maximum absolute atomic E-state index is 13.0. The summed E-state index contributed by atoms with van der Waals surface area (Å²) in [6, 6.07) is 2.98. The monoisotopic (exact) mass is 395 g/mol. The van der Waals surface area contributed by atoms with Crippen molar-refractivity contribution in [3.63, 3.8) is 0 Å². The van der Waals surface area contributed by atoms with E-state index in [0.717, 1.165) is 17.1 Å². The van der Waals surface area contributed by atoms with E-state index < -0.39 is 10.0 Å². The molecule has 0 radical (unpaired) electrons. The van der Waals surface area contributed by atoms with Gasteiger partial charge in [0.2, 0.25) is 15.9 Å². The second-order valence-corrected chi connectivity index (χ2v) is 9.29. The minimum Gasteiger partial charge on any atom is -0.482 e. The molecule has 2 heterocycles. The van der Waals surface area contributed by atoms with Crippen LogP contribution in [0.2, 0.25) is 0 Å². The summed E-state index contributed by atoms with van der Waals surface area (Å²) in [5.41, 5.74) is 0.925. The zero-order chi connectivity index (χ0) is 19.8. The Kier molecular flexibility index (Phi) is 5.43. The lowest BCUT2D eigenvalue weighted by Crippen LogP contribution is -2.44. The van der Waals surface area contributed by atoms with Gasteiger partial charge in [-0.1, -0.05) is 6.92 Å². The largest absolute Gasteiger partial charge is 0.482 e. The standard InChI is InChI=1S/C18H25N3O5S/c1-12-4-6-21(7-5-12)18(23)10-20(3)27(24,25)16-9-15-14(8-13(16)2)19-17(22)11-26-15/h8-9,12H,4-7,10-11H2,1-3H3,(H,19,22). The molecule has 1 aromatic rings. The Labute approximate surface area is 159 Å². The molecule has 1 saturated heterocycles. The fourth-order valence-corrected chi connectivity index (χ4v) is 4.63. The molecule has 0 bridgehead atoms. The zero-order valence-electron chi connectivity index (χ0n) is 15.8. The highest BCUT2D eigenvalue weighted by Crippen LogP contribution is 2.33. The van der Waals surface area contributed by atoms with Crippen LogP contribution < -0.4 is 10.1 Å². The molecule has 2 aliphatic rings. The fourth-order valence-electron chi connectivity index (χ4n) is 3.30. The molecule has 3 rings (SSSR count). The molecule has 1 aromatic carbocycles. The lowest BCUT2D eigenvalue weighted by Gasteiger charge is -2.31. The summed E-state index contributed by atoms with van der Waals surface area (Å²) in [5.74, 6) is 0.431. The van der Waals surface area contributed by atoms with Gasteiger partial charge in [0.15, 0.2) is 6.61 Å². The van der Waals surface area contributed by atoms with Crippen LogP contribution in [-0.4, -0.2) is 62.7 Å². The van der Waals surface area contributed by atoms with Crippen molar-refractivity contribution in [3.05, 3.63) is 17.7 Å². The number of hydrogen-bond donors (Lipinski definition) is 1. The average Bonchev–Trinajstić information content (AvgIpc) is 2.61.